The van der Waals surface area contributed by atoms with E-state index in [1.54, 1.807) is 18.2 Å². The Balaban J connectivity index is 1.33. The van der Waals surface area contributed by atoms with Crippen molar-refractivity contribution in [1.82, 2.24) is 9.37 Å². The molecule has 2 saturated carbocycles. The van der Waals surface area contributed by atoms with Crippen molar-refractivity contribution in [3.63, 3.8) is 0 Å². The van der Waals surface area contributed by atoms with Crippen LogP contribution in [-0.4, -0.2) is 60.3 Å². The number of rotatable bonds is 8. The summed E-state index contributed by atoms with van der Waals surface area (Å²) in [5.41, 5.74) is 0.318. The zero-order valence-corrected chi connectivity index (χ0v) is 22.9. The van der Waals surface area contributed by atoms with Gasteiger partial charge in [0.25, 0.3) is 10.0 Å². The van der Waals surface area contributed by atoms with Crippen LogP contribution in [0.15, 0.2) is 30.3 Å². The molecule has 5 rings (SSSR count). The molecule has 2 aliphatic carbocycles. The fourth-order valence-corrected chi connectivity index (χ4v) is 6.41. The lowest BCUT2D eigenvalue weighted by atomic mass is 9.97. The maximum absolute atomic E-state index is 15.2. The summed E-state index contributed by atoms with van der Waals surface area (Å²) in [6, 6.07) is 7.05. The summed E-state index contributed by atoms with van der Waals surface area (Å²) in [7, 11) is -4.79. The Morgan fingerprint density at radius 2 is 1.62 bits per heavy atom. The van der Waals surface area contributed by atoms with Crippen molar-refractivity contribution < 1.29 is 45.1 Å². The molecule has 216 valence electrons. The van der Waals surface area contributed by atoms with Gasteiger partial charge in [-0.2, -0.15) is 13.2 Å². The standard InChI is InChI=1S/C25H22Cl2F4N2O6S/c26-15-6-16(27)8-17(7-15)38-18-11-32(12-18)10-14-5-22(28)21(9-20(14)13-1-2-13)23(34)33(39-24(35)25(29,30)31)40(36,37)19-3-4-19/h5-9,13,18-19H,1-4,10-12H2. The van der Waals surface area contributed by atoms with Gasteiger partial charge in [0.05, 0.1) is 10.8 Å². The quantitative estimate of drug-likeness (QED) is 0.293. The summed E-state index contributed by atoms with van der Waals surface area (Å²) < 4.78 is 84.3. The zero-order chi connectivity index (χ0) is 29.0. The lowest BCUT2D eigenvalue weighted by Gasteiger charge is -2.39. The first-order valence-electron chi connectivity index (χ1n) is 12.3. The second kappa shape index (κ2) is 10.7. The Labute approximate surface area is 236 Å². The Hall–Kier alpha value is -2.61. The van der Waals surface area contributed by atoms with E-state index in [4.69, 9.17) is 27.9 Å². The Kier molecular flexibility index (Phi) is 7.70. The first-order valence-corrected chi connectivity index (χ1v) is 14.5. The average Bonchev–Trinajstić information content (AvgIpc) is 3.72. The lowest BCUT2D eigenvalue weighted by Crippen LogP contribution is -2.53. The number of hydrogen-bond donors (Lipinski definition) is 0. The number of carbonyl (C=O) groups is 2. The van der Waals surface area contributed by atoms with E-state index >= 15 is 4.39 Å². The summed E-state index contributed by atoms with van der Waals surface area (Å²) in [5, 5.41) is -0.351. The number of benzene rings is 2. The van der Waals surface area contributed by atoms with Crippen LogP contribution in [0.2, 0.25) is 10.0 Å². The molecule has 0 unspecified atom stereocenters. The first kappa shape index (κ1) is 28.9. The number of likely N-dealkylation sites (tertiary alicyclic amines) is 1. The highest BCUT2D eigenvalue weighted by atomic mass is 35.5. The summed E-state index contributed by atoms with van der Waals surface area (Å²) in [6.45, 7) is 1.29. The number of sulfonamides is 1. The van der Waals surface area contributed by atoms with Gasteiger partial charge in [-0.05, 0) is 73.1 Å². The molecule has 0 N–H and O–H groups in total. The van der Waals surface area contributed by atoms with E-state index in [9.17, 15) is 31.2 Å². The number of amides is 1. The summed E-state index contributed by atoms with van der Waals surface area (Å²) in [5.74, 6) is -5.28. The average molecular weight is 625 g/mol. The molecule has 1 saturated heterocycles. The van der Waals surface area contributed by atoms with Crippen LogP contribution in [-0.2, 0) is 26.2 Å². The molecule has 0 bridgehead atoms. The van der Waals surface area contributed by atoms with Crippen LogP contribution in [0.1, 0.15) is 53.1 Å². The second-order valence-corrected chi connectivity index (χ2v) is 12.9. The number of ether oxygens (including phenoxy) is 1. The van der Waals surface area contributed by atoms with Crippen LogP contribution in [0.5, 0.6) is 5.75 Å². The van der Waals surface area contributed by atoms with Crippen molar-refractivity contribution in [3.05, 3.63) is 62.9 Å². The van der Waals surface area contributed by atoms with Crippen LogP contribution in [0.25, 0.3) is 0 Å². The number of nitrogens with zero attached hydrogens (tertiary/aromatic N) is 2. The molecule has 8 nitrogen and oxygen atoms in total. The molecule has 0 atom stereocenters. The van der Waals surface area contributed by atoms with Crippen LogP contribution in [0.4, 0.5) is 17.6 Å². The fourth-order valence-electron chi connectivity index (χ4n) is 4.40. The van der Waals surface area contributed by atoms with E-state index in [1.165, 1.54) is 0 Å². The third kappa shape index (κ3) is 6.32. The van der Waals surface area contributed by atoms with Crippen molar-refractivity contribution >= 4 is 45.1 Å². The SMILES string of the molecule is O=C(c1cc(C2CC2)c(CN2CC(Oc3cc(Cl)cc(Cl)c3)C2)cc1F)N(OC(=O)C(F)(F)F)S(=O)(=O)C1CC1. The molecule has 0 aromatic heterocycles. The molecule has 0 radical (unpaired) electrons. The van der Waals surface area contributed by atoms with E-state index in [2.05, 4.69) is 4.84 Å². The molecule has 40 heavy (non-hydrogen) atoms. The normalized spacial score (nSPS) is 18.2. The smallest absolute Gasteiger partial charge is 0.488 e. The third-order valence-electron chi connectivity index (χ3n) is 6.67. The van der Waals surface area contributed by atoms with Crippen molar-refractivity contribution in [2.24, 2.45) is 0 Å². The van der Waals surface area contributed by atoms with Gasteiger partial charge in [0.15, 0.2) is 0 Å². The molecule has 15 heteroatoms. The van der Waals surface area contributed by atoms with Crippen molar-refractivity contribution in [3.8, 4) is 5.75 Å². The number of halogens is 6. The predicted molar refractivity (Wildman–Crippen MR) is 135 cm³/mol. The van der Waals surface area contributed by atoms with Gasteiger partial charge in [-0.3, -0.25) is 9.69 Å². The van der Waals surface area contributed by atoms with Gasteiger partial charge < -0.3 is 9.57 Å². The van der Waals surface area contributed by atoms with E-state index in [0.29, 0.717) is 46.6 Å². The maximum Gasteiger partial charge on any atom is 0.493 e. The van der Waals surface area contributed by atoms with Gasteiger partial charge in [0.2, 0.25) is 0 Å². The molecular formula is C25H22Cl2F4N2O6S. The molecule has 0 spiro atoms. The van der Waals surface area contributed by atoms with Crippen LogP contribution in [0, 0.1) is 5.82 Å². The molecule has 1 aliphatic heterocycles. The Bertz CT molecular complexity index is 1440. The van der Waals surface area contributed by atoms with Gasteiger partial charge in [0.1, 0.15) is 17.7 Å². The van der Waals surface area contributed by atoms with Crippen molar-refractivity contribution in [2.75, 3.05) is 13.1 Å². The molecule has 2 aromatic carbocycles. The van der Waals surface area contributed by atoms with E-state index in [0.717, 1.165) is 25.0 Å². The van der Waals surface area contributed by atoms with Gasteiger partial charge in [-0.25, -0.2) is 17.6 Å². The summed E-state index contributed by atoms with van der Waals surface area (Å²) in [6.07, 6.45) is -4.14. The zero-order valence-electron chi connectivity index (χ0n) is 20.6. The minimum atomic E-state index is -5.57. The van der Waals surface area contributed by atoms with Crippen LogP contribution >= 0.6 is 23.2 Å². The summed E-state index contributed by atoms with van der Waals surface area (Å²) in [4.78, 5) is 30.5. The molecular weight excluding hydrogens is 603 g/mol. The highest BCUT2D eigenvalue weighted by Crippen LogP contribution is 2.43. The predicted octanol–water partition coefficient (Wildman–Crippen LogP) is 5.23. The number of hydroxylamine groups is 1. The van der Waals surface area contributed by atoms with Crippen molar-refractivity contribution in [1.29, 1.82) is 0 Å². The van der Waals surface area contributed by atoms with Gasteiger partial charge in [-0.1, -0.05) is 27.7 Å². The fraction of sp³-hybridized carbons (Fsp3) is 0.440. The third-order valence-corrected chi connectivity index (χ3v) is 9.13. The topological polar surface area (TPSA) is 93.2 Å². The molecule has 1 amide bonds. The van der Waals surface area contributed by atoms with Gasteiger partial charge in [-0.15, -0.1) is 0 Å². The van der Waals surface area contributed by atoms with Crippen molar-refractivity contribution in [2.45, 2.75) is 55.7 Å². The monoisotopic (exact) mass is 624 g/mol. The number of hydrogen-bond acceptors (Lipinski definition) is 7. The van der Waals surface area contributed by atoms with Crippen LogP contribution < -0.4 is 4.74 Å². The molecule has 3 aliphatic rings. The Morgan fingerprint density at radius 3 is 2.17 bits per heavy atom. The van der Waals surface area contributed by atoms with E-state index < -0.39 is 49.2 Å². The highest BCUT2D eigenvalue weighted by Gasteiger charge is 2.50. The second-order valence-electron chi connectivity index (χ2n) is 10.00. The largest absolute Gasteiger partial charge is 0.493 e. The van der Waals surface area contributed by atoms with Crippen LogP contribution in [0.3, 0.4) is 0 Å². The molecule has 2 aromatic rings. The van der Waals surface area contributed by atoms with E-state index in [1.807, 2.05) is 4.90 Å². The van der Waals surface area contributed by atoms with E-state index in [-0.39, 0.29) is 24.9 Å². The summed E-state index contributed by atoms with van der Waals surface area (Å²) >= 11 is 12.0. The maximum atomic E-state index is 15.2. The Morgan fingerprint density at radius 1 is 1.00 bits per heavy atom. The van der Waals surface area contributed by atoms with Gasteiger partial charge in [0, 0.05) is 29.7 Å². The molecule has 1 heterocycles. The lowest BCUT2D eigenvalue weighted by molar-refractivity contribution is -0.217. The highest BCUT2D eigenvalue weighted by molar-refractivity contribution is 7.90. The molecule has 3 fully saturated rings. The minimum Gasteiger partial charge on any atom is -0.488 e. The number of carbonyl (C=O) groups excluding carboxylic acids is 2. The van der Waals surface area contributed by atoms with Gasteiger partial charge >= 0.3 is 18.1 Å². The number of alkyl halides is 3. The minimum absolute atomic E-state index is 0.0321. The first-order chi connectivity index (χ1) is 18.7.